The summed E-state index contributed by atoms with van der Waals surface area (Å²) in [6, 6.07) is 2.14. The highest BCUT2D eigenvalue weighted by Crippen LogP contribution is 2.19. The van der Waals surface area contributed by atoms with E-state index in [1.54, 1.807) is 12.1 Å². The van der Waals surface area contributed by atoms with Crippen molar-refractivity contribution in [3.05, 3.63) is 29.8 Å². The molecule has 12 nitrogen and oxygen atoms in total. The minimum atomic E-state index is -1.37. The Bertz CT molecular complexity index is 962. The van der Waals surface area contributed by atoms with Crippen LogP contribution in [-0.4, -0.2) is 82.0 Å². The Kier molecular flexibility index (Phi) is 8.63. The van der Waals surface area contributed by atoms with Gasteiger partial charge in [-0.05, 0) is 49.9 Å². The van der Waals surface area contributed by atoms with Crippen molar-refractivity contribution in [3.63, 3.8) is 0 Å². The second-order valence-electron chi connectivity index (χ2n) is 8.84. The quantitative estimate of drug-likeness (QED) is 0.231. The number of phenols is 1. The predicted molar refractivity (Wildman–Crippen MR) is 123 cm³/mol. The van der Waals surface area contributed by atoms with Gasteiger partial charge in [-0.15, -0.1) is 0 Å². The Balaban J connectivity index is 1.78. The van der Waals surface area contributed by atoms with Gasteiger partial charge in [0.1, 0.15) is 23.9 Å². The topological polar surface area (TPSA) is 191 Å². The molecule has 2 aliphatic heterocycles. The Morgan fingerprint density at radius 2 is 1.77 bits per heavy atom. The number of carbonyl (C=O) groups is 5. The summed E-state index contributed by atoms with van der Waals surface area (Å²) in [5, 5.41) is 27.2. The largest absolute Gasteiger partial charge is 0.508 e. The molecule has 4 atom stereocenters. The number of primary amides is 1. The first-order valence-electron chi connectivity index (χ1n) is 11.6. The van der Waals surface area contributed by atoms with Gasteiger partial charge in [-0.2, -0.15) is 0 Å². The third-order valence-corrected chi connectivity index (χ3v) is 6.23. The van der Waals surface area contributed by atoms with Crippen LogP contribution in [0.1, 0.15) is 37.7 Å². The molecule has 0 radical (unpaired) electrons. The van der Waals surface area contributed by atoms with Crippen LogP contribution in [0.15, 0.2) is 24.3 Å². The fraction of sp³-hybridized carbons (Fsp3) is 0.522. The minimum absolute atomic E-state index is 0.0414. The molecule has 35 heavy (non-hydrogen) atoms. The highest BCUT2D eigenvalue weighted by molar-refractivity contribution is 5.96. The number of nitrogens with zero attached hydrogens (tertiary/aromatic N) is 1. The van der Waals surface area contributed by atoms with E-state index in [4.69, 9.17) is 5.73 Å². The van der Waals surface area contributed by atoms with Gasteiger partial charge < -0.3 is 36.8 Å². The zero-order valence-electron chi connectivity index (χ0n) is 19.2. The summed E-state index contributed by atoms with van der Waals surface area (Å²) >= 11 is 0. The van der Waals surface area contributed by atoms with E-state index >= 15 is 0 Å². The Labute approximate surface area is 202 Å². The van der Waals surface area contributed by atoms with Gasteiger partial charge in [-0.1, -0.05) is 12.1 Å². The Morgan fingerprint density at radius 3 is 2.37 bits per heavy atom. The summed E-state index contributed by atoms with van der Waals surface area (Å²) in [6.45, 7) is 0.866. The number of hydrogen-bond acceptors (Lipinski definition) is 7. The fourth-order valence-corrected chi connectivity index (χ4v) is 4.42. The first-order valence-corrected chi connectivity index (χ1v) is 11.6. The number of nitrogens with one attached hydrogen (secondary N) is 3. The smallest absolute Gasteiger partial charge is 0.326 e. The van der Waals surface area contributed by atoms with Gasteiger partial charge in [0.05, 0.1) is 12.5 Å². The number of carboxylic acids is 1. The molecule has 2 aliphatic rings. The van der Waals surface area contributed by atoms with E-state index in [0.717, 1.165) is 11.3 Å². The number of hydrogen-bond donors (Lipinski definition) is 6. The molecule has 2 saturated heterocycles. The predicted octanol–water partition coefficient (Wildman–Crippen LogP) is -1.39. The lowest BCUT2D eigenvalue weighted by Crippen LogP contribution is -2.58. The first-order chi connectivity index (χ1) is 16.7. The molecule has 12 heteroatoms. The molecule has 7 N–H and O–H groups in total. The van der Waals surface area contributed by atoms with Crippen LogP contribution in [-0.2, 0) is 30.4 Å². The van der Waals surface area contributed by atoms with Crippen molar-refractivity contribution in [2.45, 2.75) is 62.7 Å². The van der Waals surface area contributed by atoms with Gasteiger partial charge in [0.2, 0.25) is 23.6 Å². The molecule has 0 bridgehead atoms. The maximum absolute atomic E-state index is 13.3. The summed E-state index contributed by atoms with van der Waals surface area (Å²) in [5.41, 5.74) is 5.94. The first kappa shape index (κ1) is 25.9. The van der Waals surface area contributed by atoms with E-state index in [9.17, 15) is 34.2 Å². The molecule has 1 aromatic rings. The maximum atomic E-state index is 13.3. The third kappa shape index (κ3) is 6.92. The lowest BCUT2D eigenvalue weighted by atomic mass is 10.0. The van der Waals surface area contributed by atoms with Crippen LogP contribution >= 0.6 is 0 Å². The van der Waals surface area contributed by atoms with Crippen LogP contribution in [0.3, 0.4) is 0 Å². The molecule has 190 valence electrons. The van der Waals surface area contributed by atoms with E-state index in [1.807, 2.05) is 0 Å². The fourth-order valence-electron chi connectivity index (χ4n) is 4.42. The standard InChI is InChI=1S/C23H31N5O7/c24-19(30)12-17(22(33)28-10-2-4-18(28)23(34)35)27-21(32)16(11-13-5-7-14(29)8-6-13)26-20(31)15-3-1-9-25-15/h5-8,15-18,25,29H,1-4,9-12H2,(H2,24,30)(H,26,31)(H,27,32)(H,34,35). The number of aliphatic carboxylic acids is 1. The van der Waals surface area contributed by atoms with Gasteiger partial charge in [-0.3, -0.25) is 19.2 Å². The van der Waals surface area contributed by atoms with Crippen LogP contribution in [0.4, 0.5) is 0 Å². The van der Waals surface area contributed by atoms with Crippen LogP contribution in [0, 0.1) is 0 Å². The molecule has 0 aliphatic carbocycles. The van der Waals surface area contributed by atoms with Crippen molar-refractivity contribution in [2.75, 3.05) is 13.1 Å². The number of nitrogens with two attached hydrogens (primary N) is 1. The average molecular weight is 490 g/mol. The SMILES string of the molecule is NC(=O)CC(NC(=O)C(Cc1ccc(O)cc1)NC(=O)C1CCCN1)C(=O)N1CCCC1C(=O)O. The molecular formula is C23H31N5O7. The summed E-state index contributed by atoms with van der Waals surface area (Å²) < 4.78 is 0. The van der Waals surface area contributed by atoms with Crippen molar-refractivity contribution in [2.24, 2.45) is 5.73 Å². The summed E-state index contributed by atoms with van der Waals surface area (Å²) in [6.07, 6.45) is 1.73. The average Bonchev–Trinajstić information content (AvgIpc) is 3.51. The molecule has 4 unspecified atom stereocenters. The molecule has 2 heterocycles. The highest BCUT2D eigenvalue weighted by atomic mass is 16.4. The van der Waals surface area contributed by atoms with Crippen molar-refractivity contribution >= 4 is 29.6 Å². The number of phenolic OH excluding ortho intramolecular Hbond substituents is 1. The van der Waals surface area contributed by atoms with E-state index < -0.39 is 54.3 Å². The number of carboxylic acid groups (broad SMARTS) is 1. The zero-order valence-corrected chi connectivity index (χ0v) is 19.2. The maximum Gasteiger partial charge on any atom is 0.326 e. The second kappa shape index (κ2) is 11.6. The normalized spacial score (nSPS) is 21.2. The molecule has 0 saturated carbocycles. The van der Waals surface area contributed by atoms with Gasteiger partial charge in [0.25, 0.3) is 0 Å². The van der Waals surface area contributed by atoms with Gasteiger partial charge in [0.15, 0.2) is 0 Å². The number of amides is 4. The van der Waals surface area contributed by atoms with Crippen LogP contribution in [0.5, 0.6) is 5.75 Å². The number of carbonyl (C=O) groups excluding carboxylic acids is 4. The third-order valence-electron chi connectivity index (χ3n) is 6.23. The van der Waals surface area contributed by atoms with Crippen molar-refractivity contribution in [1.29, 1.82) is 0 Å². The van der Waals surface area contributed by atoms with Gasteiger partial charge >= 0.3 is 5.97 Å². The van der Waals surface area contributed by atoms with Crippen molar-refractivity contribution in [3.8, 4) is 5.75 Å². The zero-order chi connectivity index (χ0) is 25.5. The Morgan fingerprint density at radius 1 is 1.06 bits per heavy atom. The molecule has 1 aromatic carbocycles. The minimum Gasteiger partial charge on any atom is -0.508 e. The summed E-state index contributed by atoms with van der Waals surface area (Å²) in [5.74, 6) is -3.76. The van der Waals surface area contributed by atoms with E-state index in [-0.39, 0.29) is 31.0 Å². The molecular weight excluding hydrogens is 458 g/mol. The number of rotatable bonds is 10. The van der Waals surface area contributed by atoms with E-state index in [2.05, 4.69) is 16.0 Å². The van der Waals surface area contributed by atoms with E-state index in [1.165, 1.54) is 12.1 Å². The van der Waals surface area contributed by atoms with Crippen LogP contribution < -0.4 is 21.7 Å². The number of likely N-dealkylation sites (tertiary alicyclic amines) is 1. The van der Waals surface area contributed by atoms with Crippen LogP contribution in [0.25, 0.3) is 0 Å². The van der Waals surface area contributed by atoms with Crippen molar-refractivity contribution < 1.29 is 34.2 Å². The lowest BCUT2D eigenvalue weighted by Gasteiger charge is -2.28. The molecule has 4 amide bonds. The second-order valence-corrected chi connectivity index (χ2v) is 8.84. The summed E-state index contributed by atoms with van der Waals surface area (Å²) in [7, 11) is 0. The molecule has 0 spiro atoms. The van der Waals surface area contributed by atoms with E-state index in [0.29, 0.717) is 24.9 Å². The number of benzene rings is 1. The lowest BCUT2D eigenvalue weighted by molar-refractivity contribution is -0.149. The Hall–Kier alpha value is -3.67. The monoisotopic (exact) mass is 489 g/mol. The van der Waals surface area contributed by atoms with Gasteiger partial charge in [0, 0.05) is 13.0 Å². The molecule has 0 aromatic heterocycles. The highest BCUT2D eigenvalue weighted by Gasteiger charge is 2.39. The van der Waals surface area contributed by atoms with Gasteiger partial charge in [-0.25, -0.2) is 4.79 Å². The van der Waals surface area contributed by atoms with Crippen LogP contribution in [0.2, 0.25) is 0 Å². The molecule has 2 fully saturated rings. The summed E-state index contributed by atoms with van der Waals surface area (Å²) in [4.78, 5) is 63.4. The van der Waals surface area contributed by atoms with Crippen molar-refractivity contribution in [1.82, 2.24) is 20.9 Å². The number of aromatic hydroxyl groups is 1. The molecule has 3 rings (SSSR count).